The molecule has 1 aromatic rings. The first-order valence-corrected chi connectivity index (χ1v) is 1.68. The van der Waals surface area contributed by atoms with Gasteiger partial charge in [0.25, 0.3) is 6.39 Å². The molecule has 0 atom stereocenters. The fourth-order valence-corrected chi connectivity index (χ4v) is 0.242. The molecular weight excluding hydrogens is 78.0 g/mol. The Kier molecular flexibility index (Phi) is 0.638. The summed E-state index contributed by atoms with van der Waals surface area (Å²) in [4.78, 5) is 3.53. The molecule has 0 fully saturated rings. The molecule has 0 bridgehead atoms. The van der Waals surface area contributed by atoms with Crippen molar-refractivity contribution in [2.75, 3.05) is 0 Å². The van der Waals surface area contributed by atoms with Gasteiger partial charge >= 0.3 is 0 Å². The van der Waals surface area contributed by atoms with E-state index in [1.807, 2.05) is 6.92 Å². The van der Waals surface area contributed by atoms with Gasteiger partial charge in [-0.1, -0.05) is 0 Å². The Labute approximate surface area is 35.8 Å². The Hall–Kier alpha value is -0.790. The Bertz CT molecular complexity index is 111. The molecule has 0 saturated carbocycles. The highest BCUT2D eigenvalue weighted by Crippen LogP contribution is 1.87. The lowest BCUT2D eigenvalue weighted by atomic mass is 10.6. The SMILES string of the molecule is Cc1cn[c]o1. The maximum absolute atomic E-state index is 4.60. The average molecular weight is 82.1 g/mol. The topological polar surface area (TPSA) is 26.0 Å². The van der Waals surface area contributed by atoms with Crippen LogP contribution in [0.3, 0.4) is 0 Å². The maximum atomic E-state index is 4.60. The van der Waals surface area contributed by atoms with E-state index in [0.29, 0.717) is 0 Å². The second kappa shape index (κ2) is 1.12. The van der Waals surface area contributed by atoms with E-state index in [0.717, 1.165) is 5.76 Å². The summed E-state index contributed by atoms with van der Waals surface area (Å²) in [7, 11) is 0. The van der Waals surface area contributed by atoms with Crippen LogP contribution in [0.25, 0.3) is 0 Å². The maximum Gasteiger partial charge on any atom is 0.283 e. The molecule has 31 valence electrons. The van der Waals surface area contributed by atoms with Crippen molar-refractivity contribution in [3.8, 4) is 0 Å². The third-order valence-corrected chi connectivity index (χ3v) is 0.506. The first kappa shape index (κ1) is 3.40. The van der Waals surface area contributed by atoms with Gasteiger partial charge in [0.1, 0.15) is 5.76 Å². The van der Waals surface area contributed by atoms with Crippen molar-refractivity contribution in [1.82, 2.24) is 4.98 Å². The summed E-state index contributed by atoms with van der Waals surface area (Å²) in [6.07, 6.45) is 3.92. The molecule has 0 aliphatic rings. The molecule has 2 nitrogen and oxygen atoms in total. The van der Waals surface area contributed by atoms with Crippen molar-refractivity contribution in [3.63, 3.8) is 0 Å². The number of aromatic nitrogens is 1. The van der Waals surface area contributed by atoms with Gasteiger partial charge in [-0.3, -0.25) is 0 Å². The summed E-state index contributed by atoms with van der Waals surface area (Å²) >= 11 is 0. The highest BCUT2D eigenvalue weighted by Gasteiger charge is 1.78. The Morgan fingerprint density at radius 3 is 3.00 bits per heavy atom. The number of hydrogen-bond acceptors (Lipinski definition) is 2. The zero-order chi connectivity index (χ0) is 4.41. The van der Waals surface area contributed by atoms with Gasteiger partial charge in [0.05, 0.1) is 6.20 Å². The van der Waals surface area contributed by atoms with Crippen LogP contribution >= 0.6 is 0 Å². The molecule has 0 aromatic carbocycles. The fraction of sp³-hybridized carbons (Fsp3) is 0.250. The van der Waals surface area contributed by atoms with Crippen LogP contribution in [0.2, 0.25) is 0 Å². The molecule has 1 aromatic heterocycles. The predicted molar refractivity (Wildman–Crippen MR) is 20.1 cm³/mol. The monoisotopic (exact) mass is 82.0 g/mol. The molecule has 6 heavy (non-hydrogen) atoms. The summed E-state index contributed by atoms with van der Waals surface area (Å²) in [6, 6.07) is 0. The minimum absolute atomic E-state index is 0.801. The third-order valence-electron chi connectivity index (χ3n) is 0.506. The number of rotatable bonds is 0. The van der Waals surface area contributed by atoms with E-state index in [-0.39, 0.29) is 0 Å². The molecule has 0 amide bonds. The number of nitrogens with zero attached hydrogens (tertiary/aromatic N) is 1. The lowest BCUT2D eigenvalue weighted by Crippen LogP contribution is -1.50. The first-order valence-electron chi connectivity index (χ1n) is 1.68. The smallest absolute Gasteiger partial charge is 0.283 e. The Balaban J connectivity index is 3.05. The molecule has 0 spiro atoms. The van der Waals surface area contributed by atoms with Gasteiger partial charge in [0.2, 0.25) is 0 Å². The van der Waals surface area contributed by atoms with Gasteiger partial charge in [-0.15, -0.1) is 0 Å². The predicted octanol–water partition coefficient (Wildman–Crippen LogP) is 0.783. The second-order valence-corrected chi connectivity index (χ2v) is 1.06. The summed E-state index contributed by atoms with van der Waals surface area (Å²) in [5.74, 6) is 0.801. The minimum atomic E-state index is 0.801. The van der Waals surface area contributed by atoms with Crippen molar-refractivity contribution in [2.24, 2.45) is 0 Å². The van der Waals surface area contributed by atoms with Crippen LogP contribution in [0, 0.1) is 13.3 Å². The van der Waals surface area contributed by atoms with E-state index < -0.39 is 0 Å². The van der Waals surface area contributed by atoms with Crippen LogP contribution in [0.15, 0.2) is 10.6 Å². The third kappa shape index (κ3) is 0.407. The Morgan fingerprint density at radius 1 is 2.00 bits per heavy atom. The summed E-state index contributed by atoms with van der Waals surface area (Å²) in [6.45, 7) is 1.82. The van der Waals surface area contributed by atoms with E-state index in [2.05, 4.69) is 15.8 Å². The van der Waals surface area contributed by atoms with Gasteiger partial charge in [-0.2, -0.15) is 0 Å². The standard InChI is InChI=1S/C4H4NO/c1-4-2-5-3-6-4/h2H,1H3. The summed E-state index contributed by atoms with van der Waals surface area (Å²) in [5.41, 5.74) is 0. The van der Waals surface area contributed by atoms with E-state index in [1.165, 1.54) is 0 Å². The molecule has 2 heteroatoms. The number of oxazole rings is 1. The quantitative estimate of drug-likeness (QED) is 0.462. The van der Waals surface area contributed by atoms with E-state index in [1.54, 1.807) is 6.20 Å². The average Bonchev–Trinajstić information content (AvgIpc) is 1.86. The van der Waals surface area contributed by atoms with Crippen molar-refractivity contribution in [1.29, 1.82) is 0 Å². The zero-order valence-electron chi connectivity index (χ0n) is 3.43. The van der Waals surface area contributed by atoms with Gasteiger partial charge < -0.3 is 4.42 Å². The molecule has 0 aliphatic heterocycles. The zero-order valence-corrected chi connectivity index (χ0v) is 3.43. The molecule has 0 unspecified atom stereocenters. The van der Waals surface area contributed by atoms with E-state index >= 15 is 0 Å². The highest BCUT2D eigenvalue weighted by molar-refractivity contribution is 4.80. The van der Waals surface area contributed by atoms with Gasteiger partial charge in [0, 0.05) is 0 Å². The van der Waals surface area contributed by atoms with Gasteiger partial charge in [0.15, 0.2) is 0 Å². The molecule has 0 saturated heterocycles. The molecular formula is C4H4NO. The molecule has 1 rings (SSSR count). The van der Waals surface area contributed by atoms with Crippen molar-refractivity contribution >= 4 is 0 Å². The van der Waals surface area contributed by atoms with Gasteiger partial charge in [-0.05, 0) is 6.92 Å². The largest absolute Gasteiger partial charge is 0.438 e. The molecule has 1 radical (unpaired) electrons. The van der Waals surface area contributed by atoms with E-state index in [4.69, 9.17) is 0 Å². The van der Waals surface area contributed by atoms with E-state index in [9.17, 15) is 0 Å². The van der Waals surface area contributed by atoms with Crippen LogP contribution in [0.1, 0.15) is 5.76 Å². The van der Waals surface area contributed by atoms with Crippen molar-refractivity contribution in [3.05, 3.63) is 18.4 Å². The fourth-order valence-electron chi connectivity index (χ4n) is 0.242. The molecule has 0 aliphatic carbocycles. The lowest BCUT2D eigenvalue weighted by Gasteiger charge is -1.65. The van der Waals surface area contributed by atoms with Crippen LogP contribution < -0.4 is 0 Å². The Morgan fingerprint density at radius 2 is 2.83 bits per heavy atom. The minimum Gasteiger partial charge on any atom is -0.438 e. The molecule has 0 N–H and O–H groups in total. The normalized spacial score (nSPS) is 8.83. The highest BCUT2D eigenvalue weighted by atomic mass is 16.3. The van der Waals surface area contributed by atoms with Crippen molar-refractivity contribution in [2.45, 2.75) is 6.92 Å². The second-order valence-electron chi connectivity index (χ2n) is 1.06. The van der Waals surface area contributed by atoms with Crippen LogP contribution in [0.4, 0.5) is 0 Å². The summed E-state index contributed by atoms with van der Waals surface area (Å²) < 4.78 is 4.60. The van der Waals surface area contributed by atoms with Crippen LogP contribution in [0.5, 0.6) is 0 Å². The van der Waals surface area contributed by atoms with Crippen molar-refractivity contribution < 1.29 is 4.42 Å². The molecule has 1 heterocycles. The van der Waals surface area contributed by atoms with Crippen LogP contribution in [-0.2, 0) is 0 Å². The van der Waals surface area contributed by atoms with Gasteiger partial charge in [-0.25, -0.2) is 4.98 Å². The van der Waals surface area contributed by atoms with Crippen LogP contribution in [-0.4, -0.2) is 4.98 Å². The first-order chi connectivity index (χ1) is 2.89. The number of hydrogen-bond donors (Lipinski definition) is 0. The summed E-state index contributed by atoms with van der Waals surface area (Å²) in [5, 5.41) is 0. The lowest BCUT2D eigenvalue weighted by molar-refractivity contribution is 0.517. The number of aryl methyl sites for hydroxylation is 1.